The van der Waals surface area contributed by atoms with E-state index >= 15 is 0 Å². The average Bonchev–Trinajstić information content (AvgIpc) is 2.26. The first-order valence-electron chi connectivity index (χ1n) is 4.58. The first-order chi connectivity index (χ1) is 7.19. The summed E-state index contributed by atoms with van der Waals surface area (Å²) in [4.78, 5) is 13.2. The van der Waals surface area contributed by atoms with Crippen LogP contribution in [-0.4, -0.2) is 45.8 Å². The summed E-state index contributed by atoms with van der Waals surface area (Å²) < 4.78 is 0. The van der Waals surface area contributed by atoms with E-state index in [9.17, 15) is 4.79 Å². The van der Waals surface area contributed by atoms with E-state index in [1.807, 2.05) is 6.92 Å². The van der Waals surface area contributed by atoms with Crippen molar-refractivity contribution in [1.82, 2.24) is 15.1 Å². The van der Waals surface area contributed by atoms with Crippen LogP contribution in [-0.2, 0) is 0 Å². The molecule has 0 atom stereocenters. The minimum atomic E-state index is -0.254. The Morgan fingerprint density at radius 2 is 2.27 bits per heavy atom. The van der Waals surface area contributed by atoms with Gasteiger partial charge in [0.25, 0.3) is 5.91 Å². The van der Waals surface area contributed by atoms with Crippen molar-refractivity contribution in [2.45, 2.75) is 6.92 Å². The number of likely N-dealkylation sites (N-methyl/N-ethyl adjacent to an activating group) is 1. The lowest BCUT2D eigenvalue weighted by Gasteiger charge is -2.18. The molecule has 0 aliphatic rings. The molecule has 0 bridgehead atoms. The third-order valence-electron chi connectivity index (χ3n) is 1.89. The molecule has 1 aromatic heterocycles. The number of carbonyl (C=O) groups is 1. The van der Waals surface area contributed by atoms with Gasteiger partial charge in [-0.05, 0) is 19.1 Å². The molecule has 0 aromatic carbocycles. The second-order valence-electron chi connectivity index (χ2n) is 2.85. The number of hydrogen-bond donors (Lipinski definition) is 1. The van der Waals surface area contributed by atoms with Crippen LogP contribution in [0.5, 0.6) is 0 Å². The number of aromatic nitrogens is 2. The van der Waals surface area contributed by atoms with Crippen LogP contribution in [0.4, 0.5) is 0 Å². The molecule has 1 rings (SSSR count). The summed E-state index contributed by atoms with van der Waals surface area (Å²) in [5, 5.41) is 16.3. The molecule has 82 valence electrons. The number of amides is 1. The van der Waals surface area contributed by atoms with Crippen LogP contribution >= 0.6 is 11.6 Å². The van der Waals surface area contributed by atoms with Gasteiger partial charge in [0.1, 0.15) is 0 Å². The van der Waals surface area contributed by atoms with Gasteiger partial charge in [-0.1, -0.05) is 11.6 Å². The molecule has 1 heterocycles. The van der Waals surface area contributed by atoms with Gasteiger partial charge < -0.3 is 10.0 Å². The monoisotopic (exact) mass is 229 g/mol. The van der Waals surface area contributed by atoms with Crippen molar-refractivity contribution < 1.29 is 9.90 Å². The summed E-state index contributed by atoms with van der Waals surface area (Å²) in [6.07, 6.45) is 0. The van der Waals surface area contributed by atoms with Crippen molar-refractivity contribution in [3.63, 3.8) is 0 Å². The molecule has 5 nitrogen and oxygen atoms in total. The van der Waals surface area contributed by atoms with Gasteiger partial charge in [0, 0.05) is 13.1 Å². The van der Waals surface area contributed by atoms with Crippen molar-refractivity contribution in [3.8, 4) is 0 Å². The Balaban J connectivity index is 2.78. The lowest BCUT2D eigenvalue weighted by molar-refractivity contribution is 0.0725. The van der Waals surface area contributed by atoms with Gasteiger partial charge in [0.2, 0.25) is 0 Å². The fraction of sp³-hybridized carbons (Fsp3) is 0.444. The zero-order chi connectivity index (χ0) is 11.3. The topological polar surface area (TPSA) is 66.3 Å². The van der Waals surface area contributed by atoms with Crippen LogP contribution in [0.15, 0.2) is 12.1 Å². The van der Waals surface area contributed by atoms with Gasteiger partial charge >= 0.3 is 0 Å². The summed E-state index contributed by atoms with van der Waals surface area (Å²) >= 11 is 5.55. The van der Waals surface area contributed by atoms with Gasteiger partial charge in [-0.15, -0.1) is 10.2 Å². The van der Waals surface area contributed by atoms with Gasteiger partial charge in [-0.3, -0.25) is 4.79 Å². The Morgan fingerprint density at radius 3 is 2.73 bits per heavy atom. The van der Waals surface area contributed by atoms with Crippen molar-refractivity contribution in [3.05, 3.63) is 23.0 Å². The Labute approximate surface area is 92.7 Å². The van der Waals surface area contributed by atoms with Crippen LogP contribution in [0, 0.1) is 0 Å². The van der Waals surface area contributed by atoms with Crippen molar-refractivity contribution in [2.24, 2.45) is 0 Å². The predicted octanol–water partition coefficient (Wildman–Crippen LogP) is 0.584. The maximum Gasteiger partial charge on any atom is 0.274 e. The molecule has 0 unspecified atom stereocenters. The number of aliphatic hydroxyl groups excluding tert-OH is 1. The number of aliphatic hydroxyl groups is 1. The molecule has 0 saturated carbocycles. The maximum absolute atomic E-state index is 11.7. The summed E-state index contributed by atoms with van der Waals surface area (Å²) in [5.41, 5.74) is 0.231. The number of nitrogens with zero attached hydrogens (tertiary/aromatic N) is 3. The molecule has 1 N–H and O–H groups in total. The molecule has 1 amide bonds. The molecule has 6 heteroatoms. The predicted molar refractivity (Wildman–Crippen MR) is 55.7 cm³/mol. The molecule has 1 aromatic rings. The molecular weight excluding hydrogens is 218 g/mol. The number of hydrogen-bond acceptors (Lipinski definition) is 4. The van der Waals surface area contributed by atoms with E-state index in [4.69, 9.17) is 16.7 Å². The van der Waals surface area contributed by atoms with Crippen LogP contribution in [0.25, 0.3) is 0 Å². The fourth-order valence-electron chi connectivity index (χ4n) is 1.12. The minimum Gasteiger partial charge on any atom is -0.395 e. The van der Waals surface area contributed by atoms with E-state index in [1.165, 1.54) is 17.0 Å². The van der Waals surface area contributed by atoms with Crippen LogP contribution in [0.2, 0.25) is 5.15 Å². The van der Waals surface area contributed by atoms with Crippen LogP contribution in [0.3, 0.4) is 0 Å². The van der Waals surface area contributed by atoms with Crippen LogP contribution in [0.1, 0.15) is 17.4 Å². The molecule has 0 aliphatic carbocycles. The second-order valence-corrected chi connectivity index (χ2v) is 3.24. The van der Waals surface area contributed by atoms with Gasteiger partial charge in [0.05, 0.1) is 6.61 Å². The van der Waals surface area contributed by atoms with E-state index in [2.05, 4.69) is 10.2 Å². The average molecular weight is 230 g/mol. The molecule has 0 radical (unpaired) electrons. The second kappa shape index (κ2) is 5.63. The largest absolute Gasteiger partial charge is 0.395 e. The van der Waals surface area contributed by atoms with Gasteiger partial charge in [0.15, 0.2) is 10.8 Å². The summed E-state index contributed by atoms with van der Waals surface area (Å²) in [6.45, 7) is 2.57. The number of carbonyl (C=O) groups excluding carboxylic acids is 1. The van der Waals surface area contributed by atoms with E-state index in [0.29, 0.717) is 13.1 Å². The smallest absolute Gasteiger partial charge is 0.274 e. The zero-order valence-corrected chi connectivity index (χ0v) is 9.11. The molecule has 0 aliphatic heterocycles. The van der Waals surface area contributed by atoms with Crippen molar-refractivity contribution >= 4 is 17.5 Å². The normalized spacial score (nSPS) is 10.1. The summed E-state index contributed by atoms with van der Waals surface area (Å²) in [7, 11) is 0. The minimum absolute atomic E-state index is 0.0689. The zero-order valence-electron chi connectivity index (χ0n) is 8.35. The quantitative estimate of drug-likeness (QED) is 0.821. The van der Waals surface area contributed by atoms with Gasteiger partial charge in [-0.2, -0.15) is 0 Å². The summed E-state index contributed by atoms with van der Waals surface area (Å²) in [6, 6.07) is 3.02. The maximum atomic E-state index is 11.7. The lowest BCUT2D eigenvalue weighted by atomic mass is 10.3. The third-order valence-corrected chi connectivity index (χ3v) is 2.09. The Bertz CT molecular complexity index is 329. The lowest BCUT2D eigenvalue weighted by Crippen LogP contribution is -2.33. The number of rotatable bonds is 4. The molecule has 0 spiro atoms. The van der Waals surface area contributed by atoms with Crippen molar-refractivity contribution in [1.29, 1.82) is 0 Å². The van der Waals surface area contributed by atoms with Crippen molar-refractivity contribution in [2.75, 3.05) is 19.7 Å². The number of halogens is 1. The van der Waals surface area contributed by atoms with E-state index in [-0.39, 0.29) is 23.4 Å². The Morgan fingerprint density at radius 1 is 1.53 bits per heavy atom. The van der Waals surface area contributed by atoms with E-state index in [1.54, 1.807) is 0 Å². The standard InChI is InChI=1S/C9H12ClN3O2/c1-2-13(5-6-14)9(15)7-3-4-8(10)12-11-7/h3-4,14H,2,5-6H2,1H3. The Kier molecular flexibility index (Phi) is 4.45. The third kappa shape index (κ3) is 3.14. The molecular formula is C9H12ClN3O2. The van der Waals surface area contributed by atoms with Crippen LogP contribution < -0.4 is 0 Å². The molecule has 15 heavy (non-hydrogen) atoms. The fourth-order valence-corrected chi connectivity index (χ4v) is 1.22. The highest BCUT2D eigenvalue weighted by Crippen LogP contribution is 2.05. The first kappa shape index (κ1) is 11.9. The van der Waals surface area contributed by atoms with E-state index < -0.39 is 0 Å². The highest BCUT2D eigenvalue weighted by atomic mass is 35.5. The molecule has 0 saturated heterocycles. The van der Waals surface area contributed by atoms with E-state index in [0.717, 1.165) is 0 Å². The highest BCUT2D eigenvalue weighted by molar-refractivity contribution is 6.29. The van der Waals surface area contributed by atoms with Gasteiger partial charge in [-0.25, -0.2) is 0 Å². The highest BCUT2D eigenvalue weighted by Gasteiger charge is 2.14. The summed E-state index contributed by atoms with van der Waals surface area (Å²) in [5.74, 6) is -0.254. The first-order valence-corrected chi connectivity index (χ1v) is 4.96. The Hall–Kier alpha value is -1.20. The SMILES string of the molecule is CCN(CCO)C(=O)c1ccc(Cl)nn1. The molecule has 0 fully saturated rings.